The fourth-order valence-electron chi connectivity index (χ4n) is 4.20. The number of amides is 4. The summed E-state index contributed by atoms with van der Waals surface area (Å²) >= 11 is 0. The van der Waals surface area contributed by atoms with Crippen LogP contribution in [0.4, 0.5) is 0 Å². The van der Waals surface area contributed by atoms with Crippen molar-refractivity contribution in [2.75, 3.05) is 6.54 Å². The van der Waals surface area contributed by atoms with Gasteiger partial charge in [0.15, 0.2) is 0 Å². The predicted molar refractivity (Wildman–Crippen MR) is 126 cm³/mol. The molecule has 1 aromatic heterocycles. The van der Waals surface area contributed by atoms with Gasteiger partial charge in [0.1, 0.15) is 18.1 Å². The van der Waals surface area contributed by atoms with E-state index in [0.29, 0.717) is 12.8 Å². The summed E-state index contributed by atoms with van der Waals surface area (Å²) in [6, 6.07) is 3.22. The maximum atomic E-state index is 13.6. The highest BCUT2D eigenvalue weighted by molar-refractivity contribution is 5.95. The van der Waals surface area contributed by atoms with Gasteiger partial charge in [-0.05, 0) is 31.4 Å². The maximum Gasteiger partial charge on any atom is 0.326 e. The minimum absolute atomic E-state index is 0.158. The second-order valence-electron chi connectivity index (χ2n) is 8.67. The third-order valence-corrected chi connectivity index (χ3v) is 5.99. The Morgan fingerprint density at radius 2 is 1.89 bits per heavy atom. The van der Waals surface area contributed by atoms with Gasteiger partial charge in [-0.25, -0.2) is 4.79 Å². The lowest BCUT2D eigenvalue weighted by Crippen LogP contribution is -2.57. The summed E-state index contributed by atoms with van der Waals surface area (Å²) in [5.74, 6) is -3.99. The summed E-state index contributed by atoms with van der Waals surface area (Å²) in [5.41, 5.74) is 12.5. The van der Waals surface area contributed by atoms with E-state index in [4.69, 9.17) is 11.5 Å². The molecule has 2 aromatic rings. The first-order valence-electron chi connectivity index (χ1n) is 11.3. The molecule has 188 valence electrons. The molecule has 12 heteroatoms. The Kier molecular flexibility index (Phi) is 8.07. The number of carbonyl (C=O) groups is 5. The maximum absolute atomic E-state index is 13.6. The Labute approximate surface area is 201 Å². The number of hydrogen-bond acceptors (Lipinski definition) is 6. The zero-order valence-electron chi connectivity index (χ0n) is 19.3. The lowest BCUT2D eigenvalue weighted by atomic mass is 10.0. The van der Waals surface area contributed by atoms with Crippen molar-refractivity contribution in [1.82, 2.24) is 20.5 Å². The van der Waals surface area contributed by atoms with Gasteiger partial charge in [0.2, 0.25) is 23.6 Å². The van der Waals surface area contributed by atoms with Crippen LogP contribution in [0.1, 0.15) is 31.7 Å². The molecular weight excluding hydrogens is 456 g/mol. The molecule has 1 aromatic carbocycles. The van der Waals surface area contributed by atoms with Crippen LogP contribution in [-0.4, -0.2) is 75.3 Å². The number of H-pyrrole nitrogens is 1. The predicted octanol–water partition coefficient (Wildman–Crippen LogP) is -1.02. The number of likely N-dealkylation sites (tertiary alicyclic amines) is 1. The fraction of sp³-hybridized carbons (Fsp3) is 0.435. The van der Waals surface area contributed by atoms with Crippen LogP contribution < -0.4 is 22.1 Å². The third kappa shape index (κ3) is 6.15. The molecule has 4 atom stereocenters. The summed E-state index contributed by atoms with van der Waals surface area (Å²) in [6.45, 7) is 1.75. The van der Waals surface area contributed by atoms with E-state index >= 15 is 0 Å². The number of nitrogens with zero attached hydrogens (tertiary/aromatic N) is 1. The van der Waals surface area contributed by atoms with Crippen molar-refractivity contribution in [1.29, 1.82) is 0 Å². The molecule has 2 heterocycles. The minimum Gasteiger partial charge on any atom is -0.480 e. The minimum atomic E-state index is -1.50. The second-order valence-corrected chi connectivity index (χ2v) is 8.67. The first kappa shape index (κ1) is 25.7. The van der Waals surface area contributed by atoms with E-state index in [0.717, 1.165) is 16.5 Å². The molecule has 0 spiro atoms. The normalized spacial score (nSPS) is 18.0. The van der Waals surface area contributed by atoms with Gasteiger partial charge in [0.05, 0.1) is 12.5 Å². The fourth-order valence-corrected chi connectivity index (χ4v) is 4.20. The number of hydrogen-bond donors (Lipinski definition) is 6. The summed E-state index contributed by atoms with van der Waals surface area (Å²) < 4.78 is 0. The Bertz CT molecular complexity index is 1130. The van der Waals surface area contributed by atoms with E-state index in [9.17, 15) is 29.1 Å². The largest absolute Gasteiger partial charge is 0.480 e. The van der Waals surface area contributed by atoms with Gasteiger partial charge in [-0.15, -0.1) is 0 Å². The highest BCUT2D eigenvalue weighted by Gasteiger charge is 2.39. The van der Waals surface area contributed by atoms with E-state index in [2.05, 4.69) is 15.6 Å². The number of carboxylic acids is 1. The van der Waals surface area contributed by atoms with Crippen molar-refractivity contribution in [2.24, 2.45) is 11.5 Å². The van der Waals surface area contributed by atoms with Gasteiger partial charge in [0, 0.05) is 30.1 Å². The molecule has 0 aliphatic carbocycles. The molecule has 8 N–H and O–H groups in total. The van der Waals surface area contributed by atoms with Crippen molar-refractivity contribution in [3.05, 3.63) is 36.0 Å². The lowest BCUT2D eigenvalue weighted by Gasteiger charge is -2.29. The Hall–Kier alpha value is -3.93. The molecule has 4 unspecified atom stereocenters. The van der Waals surface area contributed by atoms with Gasteiger partial charge in [-0.3, -0.25) is 19.2 Å². The highest BCUT2D eigenvalue weighted by atomic mass is 16.4. The van der Waals surface area contributed by atoms with Gasteiger partial charge in [0.25, 0.3) is 0 Å². The molecule has 0 saturated carbocycles. The van der Waals surface area contributed by atoms with Crippen LogP contribution in [0, 0.1) is 0 Å². The number of nitrogens with one attached hydrogen (secondary N) is 3. The number of aromatic nitrogens is 1. The molecule has 0 bridgehead atoms. The van der Waals surface area contributed by atoms with Crippen LogP contribution in [0.3, 0.4) is 0 Å². The standard InChI is InChI=1S/C23H30N6O6/c1-12(24)20(31)27-16(9-13-11-26-15-6-3-2-5-14(13)15)22(33)29-8-4-7-18(29)21(32)28-17(23(34)35)10-19(25)30/h2-3,5-6,11-12,16-18,26H,4,7-10,24H2,1H3,(H2,25,30)(H,27,31)(H,28,32)(H,34,35). The molecule has 1 saturated heterocycles. The topological polar surface area (TPSA) is 201 Å². The van der Waals surface area contributed by atoms with E-state index in [1.54, 1.807) is 6.20 Å². The molecule has 1 aliphatic heterocycles. The SMILES string of the molecule is CC(N)C(=O)NC(Cc1c[nH]c2ccccc12)C(=O)N1CCCC1C(=O)NC(CC(N)=O)C(=O)O. The summed E-state index contributed by atoms with van der Waals surface area (Å²) in [5, 5.41) is 15.2. The van der Waals surface area contributed by atoms with E-state index < -0.39 is 60.2 Å². The average molecular weight is 487 g/mol. The van der Waals surface area contributed by atoms with Crippen LogP contribution in [-0.2, 0) is 30.4 Å². The number of para-hydroxylation sites is 1. The Balaban J connectivity index is 1.82. The summed E-state index contributed by atoms with van der Waals surface area (Å²) in [4.78, 5) is 65.9. The molecule has 4 amide bonds. The Morgan fingerprint density at radius 3 is 2.54 bits per heavy atom. The number of fused-ring (bicyclic) bond motifs is 1. The first-order chi connectivity index (χ1) is 16.6. The van der Waals surface area contributed by atoms with Crippen molar-refractivity contribution in [2.45, 2.75) is 56.8 Å². The van der Waals surface area contributed by atoms with Crippen molar-refractivity contribution in [3.8, 4) is 0 Å². The van der Waals surface area contributed by atoms with Crippen LogP contribution >= 0.6 is 0 Å². The number of carbonyl (C=O) groups excluding carboxylic acids is 4. The van der Waals surface area contributed by atoms with Crippen molar-refractivity contribution < 1.29 is 29.1 Å². The number of carboxylic acid groups (broad SMARTS) is 1. The van der Waals surface area contributed by atoms with Gasteiger partial charge in [-0.1, -0.05) is 18.2 Å². The van der Waals surface area contributed by atoms with Crippen molar-refractivity contribution >= 4 is 40.5 Å². The number of primary amides is 1. The average Bonchev–Trinajstić information content (AvgIpc) is 3.45. The van der Waals surface area contributed by atoms with Crippen LogP contribution in [0.25, 0.3) is 10.9 Å². The van der Waals surface area contributed by atoms with E-state index in [1.807, 2.05) is 24.3 Å². The summed E-state index contributed by atoms with van der Waals surface area (Å²) in [6.07, 6.45) is 2.17. The monoisotopic (exact) mass is 486 g/mol. The summed E-state index contributed by atoms with van der Waals surface area (Å²) in [7, 11) is 0. The molecule has 1 aliphatic rings. The van der Waals surface area contributed by atoms with Crippen molar-refractivity contribution in [3.63, 3.8) is 0 Å². The van der Waals surface area contributed by atoms with Crippen LogP contribution in [0.2, 0.25) is 0 Å². The molecule has 1 fully saturated rings. The van der Waals surface area contributed by atoms with Gasteiger partial charge in [-0.2, -0.15) is 0 Å². The second kappa shape index (κ2) is 11.0. The molecule has 35 heavy (non-hydrogen) atoms. The number of aliphatic carboxylic acids is 1. The molecule has 0 radical (unpaired) electrons. The number of benzene rings is 1. The zero-order chi connectivity index (χ0) is 25.7. The third-order valence-electron chi connectivity index (χ3n) is 5.99. The number of aromatic amines is 1. The van der Waals surface area contributed by atoms with E-state index in [-0.39, 0.29) is 13.0 Å². The first-order valence-corrected chi connectivity index (χ1v) is 11.3. The van der Waals surface area contributed by atoms with Crippen LogP contribution in [0.15, 0.2) is 30.5 Å². The van der Waals surface area contributed by atoms with Gasteiger partial charge < -0.3 is 37.1 Å². The number of rotatable bonds is 10. The quantitative estimate of drug-likeness (QED) is 0.247. The highest BCUT2D eigenvalue weighted by Crippen LogP contribution is 2.23. The van der Waals surface area contributed by atoms with Gasteiger partial charge >= 0.3 is 5.97 Å². The number of nitrogens with two attached hydrogens (primary N) is 2. The van der Waals surface area contributed by atoms with E-state index in [1.165, 1.54) is 11.8 Å². The zero-order valence-corrected chi connectivity index (χ0v) is 19.3. The molecule has 12 nitrogen and oxygen atoms in total. The van der Waals surface area contributed by atoms with Crippen LogP contribution in [0.5, 0.6) is 0 Å². The smallest absolute Gasteiger partial charge is 0.326 e. The lowest BCUT2D eigenvalue weighted by molar-refractivity contribution is -0.145. The molecular formula is C23H30N6O6. The molecule has 3 rings (SSSR count). The Morgan fingerprint density at radius 1 is 1.17 bits per heavy atom.